The van der Waals surface area contributed by atoms with Crippen LogP contribution in [0.4, 0.5) is 26.3 Å². The highest BCUT2D eigenvalue weighted by Gasteiger charge is 2.61. The van der Waals surface area contributed by atoms with E-state index in [1.165, 1.54) is 0 Å². The highest BCUT2D eigenvalue weighted by atomic mass is 19.4. The smallest absolute Gasteiger partial charge is 0.171 e. The summed E-state index contributed by atoms with van der Waals surface area (Å²) in [6.45, 7) is 1.000. The molecule has 0 amide bonds. The summed E-state index contributed by atoms with van der Waals surface area (Å²) in [6, 6.07) is 0. The van der Waals surface area contributed by atoms with Gasteiger partial charge in [0.2, 0.25) is 0 Å². The molecule has 2 unspecified atom stereocenters. The third-order valence-corrected chi connectivity index (χ3v) is 2.62. The maximum absolute atomic E-state index is 11.9. The van der Waals surface area contributed by atoms with E-state index in [2.05, 4.69) is 0 Å². The fourth-order valence-corrected chi connectivity index (χ4v) is 1.65. The van der Waals surface area contributed by atoms with Gasteiger partial charge < -0.3 is 0 Å². The van der Waals surface area contributed by atoms with Crippen molar-refractivity contribution in [1.29, 1.82) is 0 Å². The molecule has 0 N–H and O–H groups in total. The maximum atomic E-state index is 11.9. The van der Waals surface area contributed by atoms with Crippen LogP contribution < -0.4 is 0 Å². The minimum Gasteiger partial charge on any atom is -0.171 e. The van der Waals surface area contributed by atoms with E-state index in [0.717, 1.165) is 6.92 Å². The normalized spacial score (nSPS) is 35.8. The lowest BCUT2D eigenvalue weighted by atomic mass is 9.65. The molecular weight excluding hydrogens is 198 g/mol. The van der Waals surface area contributed by atoms with E-state index in [-0.39, 0.29) is 0 Å². The van der Waals surface area contributed by atoms with Crippen LogP contribution in [0.25, 0.3) is 0 Å². The summed E-state index contributed by atoms with van der Waals surface area (Å²) in [5, 5.41) is 0. The van der Waals surface area contributed by atoms with Crippen molar-refractivity contribution in [2.75, 3.05) is 0 Å². The second kappa shape index (κ2) is 2.78. The van der Waals surface area contributed by atoms with Crippen molar-refractivity contribution in [2.24, 2.45) is 17.8 Å². The molecular formula is C7H8F6. The second-order valence-electron chi connectivity index (χ2n) is 3.39. The van der Waals surface area contributed by atoms with Gasteiger partial charge in [0.15, 0.2) is 0 Å². The van der Waals surface area contributed by atoms with Gasteiger partial charge in [0, 0.05) is 0 Å². The van der Waals surface area contributed by atoms with Crippen LogP contribution in [0.1, 0.15) is 13.3 Å². The largest absolute Gasteiger partial charge is 0.392 e. The van der Waals surface area contributed by atoms with Crippen LogP contribution in [0.15, 0.2) is 0 Å². The summed E-state index contributed by atoms with van der Waals surface area (Å²) in [4.78, 5) is 0. The molecule has 1 aliphatic rings. The molecule has 0 aromatic heterocycles. The molecule has 13 heavy (non-hydrogen) atoms. The molecule has 0 spiro atoms. The van der Waals surface area contributed by atoms with E-state index in [9.17, 15) is 26.3 Å². The SMILES string of the molecule is CC1C(C(F)(F)F)CC1C(F)(F)F. The number of hydrogen-bond acceptors (Lipinski definition) is 0. The molecule has 0 heterocycles. The van der Waals surface area contributed by atoms with Crippen LogP contribution in [0.5, 0.6) is 0 Å². The van der Waals surface area contributed by atoms with Gasteiger partial charge in [-0.25, -0.2) is 0 Å². The van der Waals surface area contributed by atoms with Gasteiger partial charge in [-0.1, -0.05) is 6.92 Å². The van der Waals surface area contributed by atoms with E-state index < -0.39 is 36.5 Å². The third kappa shape index (κ3) is 1.91. The molecule has 1 fully saturated rings. The van der Waals surface area contributed by atoms with E-state index in [4.69, 9.17) is 0 Å². The van der Waals surface area contributed by atoms with Crippen LogP contribution in [-0.4, -0.2) is 12.4 Å². The highest BCUT2D eigenvalue weighted by Crippen LogP contribution is 2.54. The Morgan fingerprint density at radius 2 is 1.15 bits per heavy atom. The fourth-order valence-electron chi connectivity index (χ4n) is 1.65. The minimum atomic E-state index is -4.48. The maximum Gasteiger partial charge on any atom is 0.392 e. The summed E-state index contributed by atoms with van der Waals surface area (Å²) >= 11 is 0. The Balaban J connectivity index is 2.58. The monoisotopic (exact) mass is 206 g/mol. The Labute approximate surface area is 70.9 Å². The Kier molecular flexibility index (Phi) is 2.28. The molecule has 1 saturated carbocycles. The first-order chi connectivity index (χ1) is 5.64. The van der Waals surface area contributed by atoms with E-state index >= 15 is 0 Å². The predicted octanol–water partition coefficient (Wildman–Crippen LogP) is 3.38. The molecule has 0 saturated heterocycles. The first kappa shape index (κ1) is 10.7. The highest BCUT2D eigenvalue weighted by molar-refractivity contribution is 4.93. The van der Waals surface area contributed by atoms with Crippen molar-refractivity contribution < 1.29 is 26.3 Å². The Bertz CT molecular complexity index is 170. The van der Waals surface area contributed by atoms with E-state index in [0.29, 0.717) is 0 Å². The molecule has 0 bridgehead atoms. The van der Waals surface area contributed by atoms with Crippen LogP contribution in [0.2, 0.25) is 0 Å². The minimum absolute atomic E-state index is 0.811. The van der Waals surface area contributed by atoms with Crippen molar-refractivity contribution in [3.63, 3.8) is 0 Å². The van der Waals surface area contributed by atoms with Gasteiger partial charge >= 0.3 is 12.4 Å². The molecule has 0 aliphatic heterocycles. The topological polar surface area (TPSA) is 0 Å². The van der Waals surface area contributed by atoms with Crippen molar-refractivity contribution in [2.45, 2.75) is 25.7 Å². The van der Waals surface area contributed by atoms with Crippen molar-refractivity contribution in [1.82, 2.24) is 0 Å². The van der Waals surface area contributed by atoms with Crippen LogP contribution in [0, 0.1) is 17.8 Å². The van der Waals surface area contributed by atoms with Crippen LogP contribution in [0.3, 0.4) is 0 Å². The average Bonchev–Trinajstić information content (AvgIpc) is 1.77. The Morgan fingerprint density at radius 1 is 0.846 bits per heavy atom. The van der Waals surface area contributed by atoms with Crippen molar-refractivity contribution >= 4 is 0 Å². The number of alkyl halides is 6. The lowest BCUT2D eigenvalue weighted by Gasteiger charge is -2.44. The molecule has 0 aromatic rings. The molecule has 1 aliphatic carbocycles. The lowest BCUT2D eigenvalue weighted by Crippen LogP contribution is -2.49. The van der Waals surface area contributed by atoms with Gasteiger partial charge in [0.25, 0.3) is 0 Å². The van der Waals surface area contributed by atoms with E-state index in [1.807, 2.05) is 0 Å². The molecule has 0 radical (unpaired) electrons. The standard InChI is InChI=1S/C7H8F6/c1-3-4(6(8,9)10)2-5(3)7(11,12)13/h3-5H,2H2,1H3. The molecule has 0 aromatic carbocycles. The zero-order chi connectivity index (χ0) is 10.4. The van der Waals surface area contributed by atoms with Crippen LogP contribution in [-0.2, 0) is 0 Å². The summed E-state index contributed by atoms with van der Waals surface area (Å²) < 4.78 is 71.7. The third-order valence-electron chi connectivity index (χ3n) is 2.62. The zero-order valence-electron chi connectivity index (χ0n) is 6.71. The van der Waals surface area contributed by atoms with Gasteiger partial charge in [-0.15, -0.1) is 0 Å². The fraction of sp³-hybridized carbons (Fsp3) is 1.00. The molecule has 78 valence electrons. The molecule has 2 atom stereocenters. The first-order valence-electron chi connectivity index (χ1n) is 3.77. The summed E-state index contributed by atoms with van der Waals surface area (Å²) in [7, 11) is 0. The van der Waals surface area contributed by atoms with E-state index in [1.54, 1.807) is 0 Å². The number of rotatable bonds is 0. The van der Waals surface area contributed by atoms with Gasteiger partial charge in [-0.2, -0.15) is 26.3 Å². The lowest BCUT2D eigenvalue weighted by molar-refractivity contribution is -0.284. The number of hydrogen-bond donors (Lipinski definition) is 0. The molecule has 1 rings (SSSR count). The first-order valence-corrected chi connectivity index (χ1v) is 3.77. The van der Waals surface area contributed by atoms with Crippen molar-refractivity contribution in [3.8, 4) is 0 Å². The average molecular weight is 206 g/mol. The summed E-state index contributed by atoms with van der Waals surface area (Å²) in [5.41, 5.74) is 0. The molecule has 6 heteroatoms. The van der Waals surface area contributed by atoms with Gasteiger partial charge in [0.05, 0.1) is 11.8 Å². The van der Waals surface area contributed by atoms with Gasteiger partial charge in [-0.05, 0) is 12.3 Å². The van der Waals surface area contributed by atoms with Gasteiger partial charge in [0.1, 0.15) is 0 Å². The quantitative estimate of drug-likeness (QED) is 0.533. The Hall–Kier alpha value is -0.420. The van der Waals surface area contributed by atoms with Crippen LogP contribution >= 0.6 is 0 Å². The van der Waals surface area contributed by atoms with Gasteiger partial charge in [-0.3, -0.25) is 0 Å². The predicted molar refractivity (Wildman–Crippen MR) is 32.9 cm³/mol. The number of halogens is 6. The molecule has 0 nitrogen and oxygen atoms in total. The Morgan fingerprint density at radius 3 is 1.31 bits per heavy atom. The second-order valence-corrected chi connectivity index (χ2v) is 3.39. The zero-order valence-corrected chi connectivity index (χ0v) is 6.71. The van der Waals surface area contributed by atoms with Crippen molar-refractivity contribution in [3.05, 3.63) is 0 Å². The summed E-state index contributed by atoms with van der Waals surface area (Å²) in [6.07, 6.45) is -9.78. The summed E-state index contributed by atoms with van der Waals surface area (Å²) in [5.74, 6) is -4.89.